The highest BCUT2D eigenvalue weighted by Crippen LogP contribution is 2.34. The van der Waals surface area contributed by atoms with Gasteiger partial charge in [0, 0.05) is 15.7 Å². The number of hydrogen-bond acceptors (Lipinski definition) is 2. The molecular formula is C16H15BrFNO2. The van der Waals surface area contributed by atoms with Crippen LogP contribution >= 0.6 is 15.9 Å². The second kappa shape index (κ2) is 6.26. The predicted octanol–water partition coefficient (Wildman–Crippen LogP) is 4.39. The first-order valence-electron chi connectivity index (χ1n) is 6.52. The summed E-state index contributed by atoms with van der Waals surface area (Å²) >= 11 is 3.37. The normalized spacial score (nSPS) is 13.5. The molecule has 21 heavy (non-hydrogen) atoms. The highest BCUT2D eigenvalue weighted by atomic mass is 79.9. The van der Waals surface area contributed by atoms with Crippen LogP contribution in [0.5, 0.6) is 0 Å². The molecule has 0 amide bonds. The molecule has 0 radical (unpaired) electrons. The Labute approximate surface area is 130 Å². The zero-order valence-corrected chi connectivity index (χ0v) is 13.0. The molecule has 1 unspecified atom stereocenters. The molecule has 0 saturated carbocycles. The summed E-state index contributed by atoms with van der Waals surface area (Å²) in [4.78, 5) is 11.9. The maximum absolute atomic E-state index is 14.1. The minimum absolute atomic E-state index is 0.121. The van der Waals surface area contributed by atoms with Gasteiger partial charge in [-0.2, -0.15) is 0 Å². The summed E-state index contributed by atoms with van der Waals surface area (Å²) in [7, 11) is 0. The molecule has 0 saturated heterocycles. The summed E-state index contributed by atoms with van der Waals surface area (Å²) in [6.45, 7) is 1.71. The van der Waals surface area contributed by atoms with E-state index >= 15 is 0 Å². The first-order chi connectivity index (χ1) is 10.0. The quantitative estimate of drug-likeness (QED) is 0.839. The van der Waals surface area contributed by atoms with Gasteiger partial charge < -0.3 is 10.4 Å². The third-order valence-electron chi connectivity index (χ3n) is 3.45. The zero-order chi connectivity index (χ0) is 15.5. The second-order valence-corrected chi connectivity index (χ2v) is 5.50. The lowest BCUT2D eigenvalue weighted by atomic mass is 9.86. The van der Waals surface area contributed by atoms with Gasteiger partial charge in [0.15, 0.2) is 5.54 Å². The number of para-hydroxylation sites is 1. The van der Waals surface area contributed by atoms with Gasteiger partial charge in [0.1, 0.15) is 5.82 Å². The van der Waals surface area contributed by atoms with Gasteiger partial charge in [-0.15, -0.1) is 0 Å². The van der Waals surface area contributed by atoms with Crippen molar-refractivity contribution in [2.45, 2.75) is 18.9 Å². The van der Waals surface area contributed by atoms with Gasteiger partial charge in [-0.05, 0) is 40.5 Å². The molecule has 2 N–H and O–H groups in total. The van der Waals surface area contributed by atoms with E-state index in [1.165, 1.54) is 12.1 Å². The van der Waals surface area contributed by atoms with E-state index in [2.05, 4.69) is 21.2 Å². The molecule has 110 valence electrons. The summed E-state index contributed by atoms with van der Waals surface area (Å²) < 4.78 is 14.8. The van der Waals surface area contributed by atoms with Crippen molar-refractivity contribution in [1.82, 2.24) is 0 Å². The van der Waals surface area contributed by atoms with E-state index in [1.807, 2.05) is 6.07 Å². The third kappa shape index (κ3) is 2.93. The summed E-state index contributed by atoms with van der Waals surface area (Å²) in [6, 6.07) is 13.1. The van der Waals surface area contributed by atoms with E-state index in [-0.39, 0.29) is 12.0 Å². The minimum atomic E-state index is -1.52. The summed E-state index contributed by atoms with van der Waals surface area (Å²) in [5.74, 6) is -1.66. The van der Waals surface area contributed by atoms with Crippen molar-refractivity contribution in [2.75, 3.05) is 5.32 Å². The first kappa shape index (κ1) is 15.5. The van der Waals surface area contributed by atoms with Crippen molar-refractivity contribution in [1.29, 1.82) is 0 Å². The SMILES string of the molecule is CCC(Nc1ccccc1Br)(C(=O)O)c1ccccc1F. The molecule has 0 aromatic heterocycles. The van der Waals surface area contributed by atoms with Gasteiger partial charge in [0.25, 0.3) is 0 Å². The van der Waals surface area contributed by atoms with Crippen LogP contribution in [0.25, 0.3) is 0 Å². The minimum Gasteiger partial charge on any atom is -0.479 e. The molecule has 0 fully saturated rings. The van der Waals surface area contributed by atoms with Gasteiger partial charge in [-0.1, -0.05) is 37.3 Å². The number of anilines is 1. The van der Waals surface area contributed by atoms with Crippen LogP contribution in [0.15, 0.2) is 53.0 Å². The van der Waals surface area contributed by atoms with E-state index in [4.69, 9.17) is 0 Å². The molecule has 0 spiro atoms. The molecular weight excluding hydrogens is 337 g/mol. The van der Waals surface area contributed by atoms with E-state index in [1.54, 1.807) is 37.3 Å². The van der Waals surface area contributed by atoms with E-state index < -0.39 is 17.3 Å². The molecule has 5 heteroatoms. The third-order valence-corrected chi connectivity index (χ3v) is 4.14. The number of rotatable bonds is 5. The Bertz CT molecular complexity index is 662. The van der Waals surface area contributed by atoms with E-state index in [9.17, 15) is 14.3 Å². The van der Waals surface area contributed by atoms with Crippen molar-refractivity contribution in [3.8, 4) is 0 Å². The van der Waals surface area contributed by atoms with E-state index in [0.29, 0.717) is 5.69 Å². The van der Waals surface area contributed by atoms with Crippen LogP contribution in [0.3, 0.4) is 0 Å². The fourth-order valence-electron chi connectivity index (χ4n) is 2.27. The van der Waals surface area contributed by atoms with Gasteiger partial charge in [0.05, 0.1) is 0 Å². The number of carboxylic acids is 1. The number of carboxylic acid groups (broad SMARTS) is 1. The van der Waals surface area contributed by atoms with Gasteiger partial charge in [0.2, 0.25) is 0 Å². The monoisotopic (exact) mass is 351 g/mol. The highest BCUT2D eigenvalue weighted by Gasteiger charge is 2.41. The Morgan fingerprint density at radius 2 is 1.86 bits per heavy atom. The molecule has 2 aromatic rings. The van der Waals surface area contributed by atoms with E-state index in [0.717, 1.165) is 4.47 Å². The number of nitrogens with one attached hydrogen (secondary N) is 1. The van der Waals surface area contributed by atoms with Crippen LogP contribution in [0.4, 0.5) is 10.1 Å². The van der Waals surface area contributed by atoms with Crippen LogP contribution in [0, 0.1) is 5.82 Å². The fourth-order valence-corrected chi connectivity index (χ4v) is 2.65. The lowest BCUT2D eigenvalue weighted by molar-refractivity contribution is -0.143. The standard InChI is InChI=1S/C16H15BrFNO2/c1-2-16(15(20)21,11-7-3-5-9-13(11)18)19-14-10-6-4-8-12(14)17/h3-10,19H,2H2,1H3,(H,20,21). The molecule has 0 bridgehead atoms. The molecule has 3 nitrogen and oxygen atoms in total. The zero-order valence-electron chi connectivity index (χ0n) is 11.4. The van der Waals surface area contributed by atoms with Gasteiger partial charge >= 0.3 is 5.97 Å². The van der Waals surface area contributed by atoms with Crippen LogP contribution in [0.1, 0.15) is 18.9 Å². The smallest absolute Gasteiger partial charge is 0.334 e. The largest absolute Gasteiger partial charge is 0.479 e. The van der Waals surface area contributed by atoms with Crippen molar-refractivity contribution < 1.29 is 14.3 Å². The number of benzene rings is 2. The average Bonchev–Trinajstić information content (AvgIpc) is 2.47. The van der Waals surface area contributed by atoms with Crippen LogP contribution in [-0.4, -0.2) is 11.1 Å². The Balaban J connectivity index is 2.56. The summed E-state index contributed by atoms with van der Waals surface area (Å²) in [5, 5.41) is 12.7. The fraction of sp³-hybridized carbons (Fsp3) is 0.188. The van der Waals surface area contributed by atoms with Crippen molar-refractivity contribution >= 4 is 27.6 Å². The van der Waals surface area contributed by atoms with Gasteiger partial charge in [-0.3, -0.25) is 0 Å². The molecule has 0 aliphatic carbocycles. The predicted molar refractivity (Wildman–Crippen MR) is 83.8 cm³/mol. The van der Waals surface area contributed by atoms with Crippen LogP contribution in [0.2, 0.25) is 0 Å². The van der Waals surface area contributed by atoms with Gasteiger partial charge in [-0.25, -0.2) is 9.18 Å². The molecule has 1 atom stereocenters. The number of aliphatic carboxylic acids is 1. The first-order valence-corrected chi connectivity index (χ1v) is 7.31. The topological polar surface area (TPSA) is 49.3 Å². The Kier molecular flexibility index (Phi) is 4.63. The van der Waals surface area contributed by atoms with Crippen molar-refractivity contribution in [3.63, 3.8) is 0 Å². The average molecular weight is 352 g/mol. The maximum Gasteiger partial charge on any atom is 0.334 e. The lowest BCUT2D eigenvalue weighted by Gasteiger charge is -2.31. The molecule has 0 aliphatic heterocycles. The highest BCUT2D eigenvalue weighted by molar-refractivity contribution is 9.10. The van der Waals surface area contributed by atoms with Crippen molar-refractivity contribution in [2.24, 2.45) is 0 Å². The van der Waals surface area contributed by atoms with Crippen molar-refractivity contribution in [3.05, 3.63) is 64.4 Å². The lowest BCUT2D eigenvalue weighted by Crippen LogP contribution is -2.43. The number of halogens is 2. The Hall–Kier alpha value is -1.88. The Morgan fingerprint density at radius 3 is 2.43 bits per heavy atom. The molecule has 2 aromatic carbocycles. The Morgan fingerprint density at radius 1 is 1.24 bits per heavy atom. The number of carbonyl (C=O) groups is 1. The summed E-state index contributed by atoms with van der Waals surface area (Å²) in [6.07, 6.45) is 0.199. The van der Waals surface area contributed by atoms with Crippen LogP contribution < -0.4 is 5.32 Å². The molecule has 0 heterocycles. The summed E-state index contributed by atoms with van der Waals surface area (Å²) in [5.41, 5.74) is -0.796. The number of hydrogen-bond donors (Lipinski definition) is 2. The van der Waals surface area contributed by atoms with Crippen LogP contribution in [-0.2, 0) is 10.3 Å². The maximum atomic E-state index is 14.1. The second-order valence-electron chi connectivity index (χ2n) is 4.65. The molecule has 0 aliphatic rings. The molecule has 2 rings (SSSR count).